The maximum absolute atomic E-state index is 9.25. The van der Waals surface area contributed by atoms with Gasteiger partial charge in [-0.25, -0.2) is 0 Å². The van der Waals surface area contributed by atoms with E-state index in [4.69, 9.17) is 39.9 Å². The highest BCUT2D eigenvalue weighted by atomic mass is 35.5. The molecule has 11 heavy (non-hydrogen) atoms. The minimum absolute atomic E-state index is 0.310. The molecule has 0 aliphatic carbocycles. The van der Waals surface area contributed by atoms with E-state index in [-0.39, 0.29) is 12.0 Å². The van der Waals surface area contributed by atoms with Crippen LogP contribution in [0.5, 0.6) is 0 Å². The fourth-order valence-corrected chi connectivity index (χ4v) is 1.14. The first-order valence-corrected chi connectivity index (χ1v) is 4.52. The number of aliphatic hydroxyl groups is 2. The third kappa shape index (κ3) is 3.81. The quantitative estimate of drug-likeness (QED) is 0.700. The second-order valence-corrected chi connectivity index (χ2v) is 4.06. The molecule has 0 aromatic rings. The number of aliphatic hydroxyl groups excluding tert-OH is 2. The maximum Gasteiger partial charge on any atom is 0.0903 e. The molecular formula is C6H11Cl3O2. The van der Waals surface area contributed by atoms with Gasteiger partial charge in [0.15, 0.2) is 0 Å². The summed E-state index contributed by atoms with van der Waals surface area (Å²) in [6.07, 6.45) is -0.976. The van der Waals surface area contributed by atoms with Crippen LogP contribution in [0.15, 0.2) is 0 Å². The van der Waals surface area contributed by atoms with Crippen LogP contribution in [0.3, 0.4) is 0 Å². The zero-order chi connectivity index (χ0) is 9.02. The van der Waals surface area contributed by atoms with Crippen molar-refractivity contribution in [2.75, 3.05) is 6.61 Å². The molecule has 2 N–H and O–H groups in total. The normalized spacial score (nSPS) is 22.4. The Morgan fingerprint density at radius 3 is 2.00 bits per heavy atom. The predicted octanol–water partition coefficient (Wildman–Crippen LogP) is 1.18. The van der Waals surface area contributed by atoms with Gasteiger partial charge in [-0.1, -0.05) is 0 Å². The van der Waals surface area contributed by atoms with E-state index in [0.717, 1.165) is 0 Å². The molecule has 68 valence electrons. The van der Waals surface area contributed by atoms with Crippen molar-refractivity contribution in [3.63, 3.8) is 0 Å². The van der Waals surface area contributed by atoms with Crippen LogP contribution in [-0.2, 0) is 0 Å². The van der Waals surface area contributed by atoms with Crippen LogP contribution in [-0.4, -0.2) is 39.1 Å². The topological polar surface area (TPSA) is 40.5 Å². The summed E-state index contributed by atoms with van der Waals surface area (Å²) in [5.41, 5.74) is 0. The van der Waals surface area contributed by atoms with E-state index in [1.807, 2.05) is 0 Å². The molecule has 5 heteroatoms. The molecule has 4 atom stereocenters. The van der Waals surface area contributed by atoms with Crippen LogP contribution in [0.25, 0.3) is 0 Å². The Labute approximate surface area is 81.1 Å². The van der Waals surface area contributed by atoms with Crippen molar-refractivity contribution in [3.05, 3.63) is 0 Å². The summed E-state index contributed by atoms with van der Waals surface area (Å²) in [6, 6.07) is 0. The van der Waals surface area contributed by atoms with Crippen molar-refractivity contribution in [3.8, 4) is 0 Å². The van der Waals surface area contributed by atoms with Crippen molar-refractivity contribution in [1.29, 1.82) is 0 Å². The van der Waals surface area contributed by atoms with Gasteiger partial charge in [0.05, 0.1) is 23.5 Å². The molecule has 0 aromatic carbocycles. The number of alkyl halides is 3. The highest BCUT2D eigenvalue weighted by Crippen LogP contribution is 2.18. The van der Waals surface area contributed by atoms with Crippen LogP contribution in [0.1, 0.15) is 6.92 Å². The monoisotopic (exact) mass is 220 g/mol. The van der Waals surface area contributed by atoms with Crippen molar-refractivity contribution in [2.45, 2.75) is 29.2 Å². The van der Waals surface area contributed by atoms with Crippen LogP contribution in [0.2, 0.25) is 0 Å². The summed E-state index contributed by atoms with van der Waals surface area (Å²) in [5, 5.41) is 16.0. The highest BCUT2D eigenvalue weighted by Gasteiger charge is 2.27. The first kappa shape index (κ1) is 11.8. The van der Waals surface area contributed by atoms with E-state index >= 15 is 0 Å². The molecule has 0 heterocycles. The van der Waals surface area contributed by atoms with Crippen LogP contribution in [0, 0.1) is 0 Å². The van der Waals surface area contributed by atoms with E-state index in [1.54, 1.807) is 6.92 Å². The standard InChI is InChI=1S/C6H11Cl3O2/c1-3(7)5(9)6(11)4(8)2-10/h3-6,10-11H,2H2,1H3/t3-,4-,5+,6+/m1/s1. The predicted molar refractivity (Wildman–Crippen MR) is 47.7 cm³/mol. The van der Waals surface area contributed by atoms with Gasteiger partial charge < -0.3 is 10.2 Å². The van der Waals surface area contributed by atoms with Gasteiger partial charge in [0.1, 0.15) is 0 Å². The molecule has 2 nitrogen and oxygen atoms in total. The van der Waals surface area contributed by atoms with E-state index in [0.29, 0.717) is 0 Å². The Balaban J connectivity index is 3.90. The Morgan fingerprint density at radius 2 is 1.73 bits per heavy atom. The lowest BCUT2D eigenvalue weighted by atomic mass is 10.1. The van der Waals surface area contributed by atoms with Gasteiger partial charge in [0.2, 0.25) is 0 Å². The van der Waals surface area contributed by atoms with Gasteiger partial charge in [-0.3, -0.25) is 0 Å². The number of halogens is 3. The Morgan fingerprint density at radius 1 is 1.27 bits per heavy atom. The molecule has 0 aliphatic rings. The van der Waals surface area contributed by atoms with Crippen LogP contribution < -0.4 is 0 Å². The van der Waals surface area contributed by atoms with Gasteiger partial charge in [-0.2, -0.15) is 0 Å². The minimum Gasteiger partial charge on any atom is -0.395 e. The van der Waals surface area contributed by atoms with Crippen molar-refractivity contribution in [2.24, 2.45) is 0 Å². The van der Waals surface area contributed by atoms with Gasteiger partial charge >= 0.3 is 0 Å². The fourth-order valence-electron chi connectivity index (χ4n) is 0.579. The molecule has 0 amide bonds. The molecule has 0 saturated heterocycles. The molecule has 0 spiro atoms. The Hall–Kier alpha value is 0.790. The van der Waals surface area contributed by atoms with Gasteiger partial charge in [0, 0.05) is 5.38 Å². The fraction of sp³-hybridized carbons (Fsp3) is 1.00. The number of hydrogen-bond donors (Lipinski definition) is 2. The van der Waals surface area contributed by atoms with Crippen LogP contribution in [0.4, 0.5) is 0 Å². The molecule has 0 aliphatic heterocycles. The molecule has 0 bridgehead atoms. The van der Waals surface area contributed by atoms with Crippen molar-refractivity contribution >= 4 is 34.8 Å². The summed E-state index contributed by atoms with van der Waals surface area (Å²) in [5.74, 6) is 0. The third-order valence-electron chi connectivity index (χ3n) is 1.31. The largest absolute Gasteiger partial charge is 0.395 e. The first-order valence-electron chi connectivity index (χ1n) is 3.21. The lowest BCUT2D eigenvalue weighted by molar-refractivity contribution is 0.133. The molecule has 0 saturated carbocycles. The number of rotatable bonds is 4. The van der Waals surface area contributed by atoms with E-state index in [1.165, 1.54) is 0 Å². The summed E-state index contributed by atoms with van der Waals surface area (Å²) < 4.78 is 0. The average Bonchev–Trinajstić information content (AvgIpc) is 2.00. The van der Waals surface area contributed by atoms with Crippen molar-refractivity contribution < 1.29 is 10.2 Å². The molecule has 0 rings (SSSR count). The second-order valence-electron chi connectivity index (χ2n) is 2.31. The first-order chi connectivity index (χ1) is 5.00. The third-order valence-corrected chi connectivity index (χ3v) is 2.74. The summed E-state index contributed by atoms with van der Waals surface area (Å²) >= 11 is 16.8. The summed E-state index contributed by atoms with van der Waals surface area (Å²) in [4.78, 5) is 0. The maximum atomic E-state index is 9.25. The van der Waals surface area contributed by atoms with Crippen molar-refractivity contribution in [1.82, 2.24) is 0 Å². The molecule has 0 aromatic heterocycles. The lowest BCUT2D eigenvalue weighted by Crippen LogP contribution is -2.37. The summed E-state index contributed by atoms with van der Waals surface area (Å²) in [6.45, 7) is 1.35. The van der Waals surface area contributed by atoms with E-state index in [9.17, 15) is 5.11 Å². The zero-order valence-electron chi connectivity index (χ0n) is 6.04. The molecule has 0 unspecified atom stereocenters. The zero-order valence-corrected chi connectivity index (χ0v) is 8.31. The van der Waals surface area contributed by atoms with Gasteiger partial charge in [-0.15, -0.1) is 34.8 Å². The molecule has 0 fully saturated rings. The SMILES string of the molecule is C[C@@H](Cl)[C@H](Cl)[C@@H](O)[C@H](Cl)CO. The average molecular weight is 222 g/mol. The Kier molecular flexibility index (Phi) is 5.83. The Bertz CT molecular complexity index is 110. The van der Waals surface area contributed by atoms with Gasteiger partial charge in [0.25, 0.3) is 0 Å². The molecular weight excluding hydrogens is 210 g/mol. The molecule has 0 radical (unpaired) electrons. The van der Waals surface area contributed by atoms with E-state index in [2.05, 4.69) is 0 Å². The highest BCUT2D eigenvalue weighted by molar-refractivity contribution is 6.31. The van der Waals surface area contributed by atoms with Crippen LogP contribution >= 0.6 is 34.8 Å². The van der Waals surface area contributed by atoms with E-state index < -0.39 is 16.9 Å². The second kappa shape index (κ2) is 5.44. The number of hydrogen-bond acceptors (Lipinski definition) is 2. The van der Waals surface area contributed by atoms with Gasteiger partial charge in [-0.05, 0) is 6.92 Å². The smallest absolute Gasteiger partial charge is 0.0903 e. The summed E-state index contributed by atoms with van der Waals surface area (Å²) in [7, 11) is 0. The lowest BCUT2D eigenvalue weighted by Gasteiger charge is -2.21. The minimum atomic E-state index is -0.976.